The molecular formula is C118H140Cl2KN6O4P6Ru3+. The topological polar surface area (TPSA) is 156 Å². The molecule has 6 heterocycles. The number of carbonyl (C=O) groups excluding carboxylic acids is 2. The van der Waals surface area contributed by atoms with Gasteiger partial charge in [0.15, 0.2) is 0 Å². The minimum absolute atomic E-state index is 0. The monoisotopic (exact) mass is 2310 g/mol. The van der Waals surface area contributed by atoms with Gasteiger partial charge in [0.25, 0.3) is 0 Å². The molecule has 0 unspecified atom stereocenters. The van der Waals surface area contributed by atoms with Crippen LogP contribution in [-0.4, -0.2) is 75.0 Å². The van der Waals surface area contributed by atoms with Crippen LogP contribution in [0.15, 0.2) is 412 Å². The second-order valence-electron chi connectivity index (χ2n) is 38.4. The van der Waals surface area contributed by atoms with Crippen molar-refractivity contribution in [3.05, 3.63) is 441 Å². The summed E-state index contributed by atoms with van der Waals surface area (Å²) in [5.74, 6) is 2.41. The molecule has 0 saturated heterocycles. The second kappa shape index (κ2) is 68.8. The van der Waals surface area contributed by atoms with Crippen molar-refractivity contribution in [3.8, 4) is 22.8 Å². The Balaban J connectivity index is 0.000000550. The quantitative estimate of drug-likeness (QED) is 0.0287. The average Bonchev–Trinajstić information content (AvgIpc) is 0.800. The molecule has 14 aromatic rings. The number of pyridine rings is 5. The van der Waals surface area contributed by atoms with Crippen LogP contribution in [0.1, 0.15) is 162 Å². The normalized spacial score (nSPS) is 11.7. The molecule has 10 nitrogen and oxygen atoms in total. The molecule has 0 saturated carbocycles. The predicted molar refractivity (Wildman–Crippen MR) is 604 cm³/mol. The van der Waals surface area contributed by atoms with Crippen LogP contribution in [0, 0.1) is 6.65 Å². The molecule has 22 heteroatoms. The van der Waals surface area contributed by atoms with Gasteiger partial charge in [-0.25, -0.2) is 4.98 Å². The predicted octanol–water partition coefficient (Wildman–Crippen LogP) is 24.9. The third-order valence-corrected chi connectivity index (χ3v) is 39.7. The Bertz CT molecular complexity index is 5020. The van der Waals surface area contributed by atoms with E-state index in [1.54, 1.807) is 38.1 Å². The first-order valence-corrected chi connectivity index (χ1v) is 58.9. The number of allylic oxidation sites excluding steroid dienone is 3. The van der Waals surface area contributed by atoms with Crippen LogP contribution < -0.4 is 104 Å². The molecule has 0 radical (unpaired) electrons. The van der Waals surface area contributed by atoms with E-state index in [2.05, 4.69) is 494 Å². The summed E-state index contributed by atoms with van der Waals surface area (Å²) >= 11 is 3.44. The van der Waals surface area contributed by atoms with Crippen molar-refractivity contribution in [1.29, 1.82) is 0 Å². The summed E-state index contributed by atoms with van der Waals surface area (Å²) in [6.07, 6.45) is 13.8. The molecule has 1 aliphatic heterocycles. The number of rotatable bonds is 17. The van der Waals surface area contributed by atoms with Gasteiger partial charge in [0.05, 0.1) is 49.1 Å². The van der Waals surface area contributed by atoms with E-state index in [0.717, 1.165) is 52.2 Å². The van der Waals surface area contributed by atoms with Gasteiger partial charge in [-0.1, -0.05) is 392 Å². The van der Waals surface area contributed by atoms with E-state index in [9.17, 15) is 5.11 Å². The van der Waals surface area contributed by atoms with Gasteiger partial charge in [0, 0.05) is 57.8 Å². The Morgan fingerprint density at radius 2 is 0.586 bits per heavy atom. The third-order valence-electron chi connectivity index (χ3n) is 20.3. The molecule has 0 N–H and O–H groups in total. The van der Waals surface area contributed by atoms with E-state index < -0.39 is 45.2 Å². The van der Waals surface area contributed by atoms with Crippen molar-refractivity contribution >= 4 is 134 Å². The molecule has 15 rings (SSSR count). The van der Waals surface area contributed by atoms with Crippen molar-refractivity contribution in [2.24, 2.45) is 0 Å². The van der Waals surface area contributed by atoms with Crippen molar-refractivity contribution < 1.29 is 125 Å². The summed E-state index contributed by atoms with van der Waals surface area (Å²) < 4.78 is 7.50. The summed E-state index contributed by atoms with van der Waals surface area (Å²) in [4.78, 5) is 38.5. The van der Waals surface area contributed by atoms with Gasteiger partial charge in [0.1, 0.15) is 6.16 Å². The fourth-order valence-corrected chi connectivity index (χ4v) is 33.2. The molecule has 1 aliphatic rings. The minimum Gasteiger partial charge on any atom is -0.0622 e. The largest absolute Gasteiger partial charge is 0.0622 e. The van der Waals surface area contributed by atoms with Crippen LogP contribution in [-0.2, 0) is 80.7 Å². The van der Waals surface area contributed by atoms with Gasteiger partial charge in [0.2, 0.25) is 0 Å². The van der Waals surface area contributed by atoms with Gasteiger partial charge in [-0.05, 0) is 226 Å². The molecule has 9 aromatic carbocycles. The SMILES string of the molecule is CC(C)(C)P(Cc1cccc(-c2ccccn2)n1)C(C)(C)C.CC(C)(C)[O-].CC(C)(C)[PH+](C=C1C=CC=C(c2ccccn2)[N-]1)C(C)(C)C.CC(C)(C)[PH+](Cc1cccc(-c2ccccn2)n1)C(C)(C)C.[C-]#[O+].[CH-]=O.[CH-]=O.[Cl][RuH].[Cl][Ru].[K+].[RuH+2].c1ccc(P(c2ccccc2)c2ccccc2)cc1.c1ccc(P(c2ccccc2)c2ccccc2)cc1.c1ccc(P(c2ccccc2)c2ccccc2)cc1. The maximum atomic E-state index is 10.1. The Kier molecular flexibility index (Phi) is 63.6. The van der Waals surface area contributed by atoms with E-state index in [4.69, 9.17) is 29.5 Å². The molecular weight excluding hydrogens is 2160 g/mol. The zero-order valence-electron chi connectivity index (χ0n) is 85.2. The van der Waals surface area contributed by atoms with Crippen LogP contribution in [0.5, 0.6) is 0 Å². The molecule has 5 aromatic heterocycles. The van der Waals surface area contributed by atoms with Gasteiger partial charge in [-0.15, -0.1) is 17.0 Å². The fourth-order valence-electron chi connectivity index (χ4n) is 15.4. The number of hydrogen-bond donors (Lipinski definition) is 0. The molecule has 0 amide bonds. The van der Waals surface area contributed by atoms with Gasteiger partial charge < -0.3 is 20.0 Å². The summed E-state index contributed by atoms with van der Waals surface area (Å²) in [5, 5.41) is 29.4. The van der Waals surface area contributed by atoms with Crippen molar-refractivity contribution in [2.75, 3.05) is 0 Å². The number of halogens is 2. The van der Waals surface area contributed by atoms with Gasteiger partial charge in [-0.3, -0.25) is 33.5 Å². The van der Waals surface area contributed by atoms with Crippen LogP contribution in [0.4, 0.5) is 0 Å². The Labute approximate surface area is 931 Å². The molecule has 140 heavy (non-hydrogen) atoms. The molecule has 0 atom stereocenters. The average molecular weight is 2310 g/mol. The summed E-state index contributed by atoms with van der Waals surface area (Å²) in [6.45, 7) is 58.3. The zero-order chi connectivity index (χ0) is 102. The maximum absolute atomic E-state index is 10.1. The fraction of sp³-hybridized carbons (Fsp3) is 0.254. The van der Waals surface area contributed by atoms with E-state index in [1.165, 1.54) is 59.1 Å². The molecule has 734 valence electrons. The van der Waals surface area contributed by atoms with Crippen molar-refractivity contribution in [2.45, 2.75) is 194 Å². The van der Waals surface area contributed by atoms with Crippen LogP contribution in [0.2, 0.25) is 0 Å². The summed E-state index contributed by atoms with van der Waals surface area (Å²) in [5.41, 5.74) is 8.41. The van der Waals surface area contributed by atoms with E-state index in [0.29, 0.717) is 30.9 Å². The number of hydrogen-bond acceptors (Lipinski definition) is 8. The Morgan fingerprint density at radius 1 is 0.357 bits per heavy atom. The molecule has 0 fully saturated rings. The third kappa shape index (κ3) is 48.2. The van der Waals surface area contributed by atoms with Crippen molar-refractivity contribution in [1.82, 2.24) is 24.9 Å². The summed E-state index contributed by atoms with van der Waals surface area (Å²) in [6, 6.07) is 127. The van der Waals surface area contributed by atoms with Gasteiger partial charge >= 0.3 is 136 Å². The number of aromatic nitrogens is 5. The van der Waals surface area contributed by atoms with E-state index in [1.807, 2.05) is 109 Å². The smallest absolute Gasteiger partial charge is 0.0134 e. The van der Waals surface area contributed by atoms with Crippen LogP contribution >= 0.6 is 66.9 Å². The summed E-state index contributed by atoms with van der Waals surface area (Å²) in [7, 11) is 6.31. The Hall–Kier alpha value is -6.54. The maximum Gasteiger partial charge on any atom is -0.0134 e. The molecule has 0 aliphatic carbocycles. The first kappa shape index (κ1) is 130. The number of nitrogens with zero attached hydrogens (tertiary/aromatic N) is 6. The molecule has 0 bridgehead atoms. The van der Waals surface area contributed by atoms with Crippen LogP contribution in [0.25, 0.3) is 33.8 Å². The zero-order valence-corrected chi connectivity index (χ0v) is 101. The standard InChI is InChI=1S/2C19H27N2P.C19H26N2P.3C18H15P.C4H9O.2CHO.CO.2ClH.K.3Ru.2H/c3*1-18(2,3)22(19(4,5)6)14-15-10-9-12-17(21-15)16-11-7-8-13-20-16;3*1-4-10-16(11-5-1)19(17-12-6-2-7-13-17)18-14-8-3-9-15-18;1-4(2,3)5;3*1-2;;;;;;;;/h2*7-13H,14H2,1-6H3;7-14H,1-6H3;3*1-15H;1-3H3;2*1H;;2*1H;;;;;;/q;;-1;;;;3*-1;;;;3*+1;+2;;. The minimum atomic E-state index is -0.750. The van der Waals surface area contributed by atoms with Crippen LogP contribution in [0.3, 0.4) is 0 Å². The Morgan fingerprint density at radius 3 is 0.814 bits per heavy atom. The molecule has 0 spiro atoms. The van der Waals surface area contributed by atoms with Gasteiger partial charge in [-0.2, -0.15) is 0 Å². The van der Waals surface area contributed by atoms with E-state index >= 15 is 0 Å². The first-order valence-electron chi connectivity index (χ1n) is 45.4. The second-order valence-corrected chi connectivity index (χ2v) is 57.3. The first-order chi connectivity index (χ1) is 65.9. The number of benzene rings is 9. The van der Waals surface area contributed by atoms with Crippen molar-refractivity contribution in [3.63, 3.8) is 0 Å². The van der Waals surface area contributed by atoms with E-state index in [-0.39, 0.29) is 78.8 Å².